The van der Waals surface area contributed by atoms with Crippen molar-refractivity contribution in [2.75, 3.05) is 0 Å². The second-order valence-corrected chi connectivity index (χ2v) is 9.61. The summed E-state index contributed by atoms with van der Waals surface area (Å²) in [5.41, 5.74) is 7.50. The second kappa shape index (κ2) is 11.5. The summed E-state index contributed by atoms with van der Waals surface area (Å²) in [7, 11) is 0. The van der Waals surface area contributed by atoms with Gasteiger partial charge < -0.3 is 0 Å². The summed E-state index contributed by atoms with van der Waals surface area (Å²) in [6, 6.07) is 1.27. The molecule has 1 saturated carbocycles. The maximum absolute atomic E-state index is 3.77. The van der Waals surface area contributed by atoms with Gasteiger partial charge in [0.05, 0.1) is 0 Å². The van der Waals surface area contributed by atoms with Crippen LogP contribution in [0.1, 0.15) is 99.8 Å². The predicted octanol–water partition coefficient (Wildman–Crippen LogP) is 6.17. The first-order valence-corrected chi connectivity index (χ1v) is 10.8. The average Bonchev–Trinajstić information content (AvgIpc) is 2.72. The SMILES string of the molecule is CC(C)CC(NNC1CCCC(C)CC1)C(C)CCC(C)C(C)C. The lowest BCUT2D eigenvalue weighted by molar-refractivity contribution is 0.236. The van der Waals surface area contributed by atoms with Gasteiger partial charge in [0.1, 0.15) is 0 Å². The van der Waals surface area contributed by atoms with E-state index in [0.717, 1.165) is 29.6 Å². The summed E-state index contributed by atoms with van der Waals surface area (Å²) in [4.78, 5) is 0. The molecule has 2 N–H and O–H groups in total. The first kappa shape index (κ1) is 22.0. The molecule has 0 amide bonds. The highest BCUT2D eigenvalue weighted by Crippen LogP contribution is 2.25. The van der Waals surface area contributed by atoms with Crippen LogP contribution in [0.3, 0.4) is 0 Å². The van der Waals surface area contributed by atoms with Crippen LogP contribution >= 0.6 is 0 Å². The Morgan fingerprint density at radius 3 is 2.12 bits per heavy atom. The zero-order valence-corrected chi connectivity index (χ0v) is 17.7. The molecule has 5 unspecified atom stereocenters. The highest BCUT2D eigenvalue weighted by atomic mass is 15.4. The van der Waals surface area contributed by atoms with E-state index < -0.39 is 0 Å². The number of rotatable bonds is 10. The van der Waals surface area contributed by atoms with Gasteiger partial charge in [0, 0.05) is 12.1 Å². The van der Waals surface area contributed by atoms with E-state index in [4.69, 9.17) is 0 Å². The lowest BCUT2D eigenvalue weighted by Crippen LogP contribution is -2.49. The van der Waals surface area contributed by atoms with Gasteiger partial charge >= 0.3 is 0 Å². The highest BCUT2D eigenvalue weighted by molar-refractivity contribution is 4.78. The molecule has 0 heterocycles. The van der Waals surface area contributed by atoms with Crippen molar-refractivity contribution in [3.05, 3.63) is 0 Å². The molecule has 0 aromatic carbocycles. The van der Waals surface area contributed by atoms with E-state index in [0.29, 0.717) is 12.1 Å². The molecule has 2 nitrogen and oxygen atoms in total. The van der Waals surface area contributed by atoms with Crippen molar-refractivity contribution in [2.24, 2.45) is 29.6 Å². The number of hydrogen-bond donors (Lipinski definition) is 2. The third kappa shape index (κ3) is 8.85. The number of hydrazine groups is 1. The van der Waals surface area contributed by atoms with Crippen LogP contribution in [0.4, 0.5) is 0 Å². The zero-order valence-electron chi connectivity index (χ0n) is 17.7. The average molecular weight is 339 g/mol. The Morgan fingerprint density at radius 1 is 0.833 bits per heavy atom. The summed E-state index contributed by atoms with van der Waals surface area (Å²) < 4.78 is 0. The van der Waals surface area contributed by atoms with Crippen molar-refractivity contribution in [2.45, 2.75) is 112 Å². The molecule has 2 heteroatoms. The van der Waals surface area contributed by atoms with Gasteiger partial charge in [-0.1, -0.05) is 67.7 Å². The molecule has 1 aliphatic rings. The second-order valence-electron chi connectivity index (χ2n) is 9.61. The zero-order chi connectivity index (χ0) is 18.1. The van der Waals surface area contributed by atoms with E-state index in [1.807, 2.05) is 0 Å². The fourth-order valence-corrected chi connectivity index (χ4v) is 3.86. The molecule has 0 bridgehead atoms. The summed E-state index contributed by atoms with van der Waals surface area (Å²) in [6.45, 7) is 16.7. The predicted molar refractivity (Wildman–Crippen MR) is 108 cm³/mol. The third-order valence-corrected chi connectivity index (χ3v) is 6.36. The first-order chi connectivity index (χ1) is 11.3. The lowest BCUT2D eigenvalue weighted by atomic mass is 9.85. The Labute approximate surface area is 152 Å². The molecule has 0 aromatic rings. The van der Waals surface area contributed by atoms with Gasteiger partial charge in [-0.25, -0.2) is 0 Å². The van der Waals surface area contributed by atoms with Gasteiger partial charge in [-0.3, -0.25) is 10.9 Å². The molecular formula is C22H46N2. The monoisotopic (exact) mass is 338 g/mol. The molecule has 1 aliphatic carbocycles. The highest BCUT2D eigenvalue weighted by Gasteiger charge is 2.22. The molecule has 0 aromatic heterocycles. The Kier molecular flexibility index (Phi) is 10.5. The van der Waals surface area contributed by atoms with Crippen molar-refractivity contribution >= 4 is 0 Å². The lowest BCUT2D eigenvalue weighted by Gasteiger charge is -2.30. The standard InChI is InChI=1S/C22H46N2/c1-16(2)15-22(20(7)13-12-19(6)17(3)4)24-23-21-10-8-9-18(5)11-14-21/h16-24H,8-15H2,1-7H3. The van der Waals surface area contributed by atoms with Gasteiger partial charge in [-0.2, -0.15) is 0 Å². The third-order valence-electron chi connectivity index (χ3n) is 6.36. The van der Waals surface area contributed by atoms with E-state index in [1.54, 1.807) is 0 Å². The molecule has 0 saturated heterocycles. The van der Waals surface area contributed by atoms with E-state index >= 15 is 0 Å². The Bertz CT molecular complexity index is 313. The minimum absolute atomic E-state index is 0.602. The molecule has 144 valence electrons. The van der Waals surface area contributed by atoms with Crippen molar-refractivity contribution in [3.63, 3.8) is 0 Å². The van der Waals surface area contributed by atoms with Crippen LogP contribution in [0, 0.1) is 29.6 Å². The normalized spacial score (nSPS) is 26.4. The maximum Gasteiger partial charge on any atom is 0.0241 e. The van der Waals surface area contributed by atoms with Crippen LogP contribution in [0.25, 0.3) is 0 Å². The van der Waals surface area contributed by atoms with Crippen LogP contribution in [-0.2, 0) is 0 Å². The van der Waals surface area contributed by atoms with Gasteiger partial charge in [0.2, 0.25) is 0 Å². The van der Waals surface area contributed by atoms with Gasteiger partial charge in [0.15, 0.2) is 0 Å². The molecule has 1 fully saturated rings. The Hall–Kier alpha value is -0.0800. The van der Waals surface area contributed by atoms with Crippen LogP contribution in [0.15, 0.2) is 0 Å². The largest absolute Gasteiger partial charge is 0.255 e. The van der Waals surface area contributed by atoms with Crippen molar-refractivity contribution < 1.29 is 0 Å². The van der Waals surface area contributed by atoms with E-state index in [2.05, 4.69) is 59.3 Å². The van der Waals surface area contributed by atoms with Crippen molar-refractivity contribution in [3.8, 4) is 0 Å². The van der Waals surface area contributed by atoms with Crippen LogP contribution in [-0.4, -0.2) is 12.1 Å². The number of nitrogens with one attached hydrogen (secondary N) is 2. The summed E-state index contributed by atoms with van der Waals surface area (Å²) >= 11 is 0. The molecule has 1 rings (SSSR count). The van der Waals surface area contributed by atoms with Crippen LogP contribution in [0.2, 0.25) is 0 Å². The summed E-state index contributed by atoms with van der Waals surface area (Å²) in [5.74, 6) is 4.05. The fourth-order valence-electron chi connectivity index (χ4n) is 3.86. The molecule has 24 heavy (non-hydrogen) atoms. The molecule has 0 spiro atoms. The molecular weight excluding hydrogens is 292 g/mol. The van der Waals surface area contributed by atoms with Gasteiger partial charge in [-0.05, 0) is 61.7 Å². The summed E-state index contributed by atoms with van der Waals surface area (Å²) in [6.07, 6.45) is 10.8. The topological polar surface area (TPSA) is 24.1 Å². The van der Waals surface area contributed by atoms with Crippen molar-refractivity contribution in [1.82, 2.24) is 10.9 Å². The quantitative estimate of drug-likeness (QED) is 0.367. The van der Waals surface area contributed by atoms with Gasteiger partial charge in [-0.15, -0.1) is 0 Å². The first-order valence-electron chi connectivity index (χ1n) is 10.8. The minimum Gasteiger partial charge on any atom is -0.255 e. The van der Waals surface area contributed by atoms with E-state index in [1.165, 1.54) is 51.4 Å². The smallest absolute Gasteiger partial charge is 0.0241 e. The number of hydrogen-bond acceptors (Lipinski definition) is 2. The van der Waals surface area contributed by atoms with Gasteiger partial charge in [0.25, 0.3) is 0 Å². The van der Waals surface area contributed by atoms with E-state index in [-0.39, 0.29) is 0 Å². The summed E-state index contributed by atoms with van der Waals surface area (Å²) in [5, 5.41) is 0. The fraction of sp³-hybridized carbons (Fsp3) is 1.00. The Morgan fingerprint density at radius 2 is 1.50 bits per heavy atom. The van der Waals surface area contributed by atoms with Crippen LogP contribution in [0.5, 0.6) is 0 Å². The molecule has 0 aliphatic heterocycles. The Balaban J connectivity index is 2.45. The maximum atomic E-state index is 3.77. The molecule has 5 atom stereocenters. The minimum atomic E-state index is 0.602. The van der Waals surface area contributed by atoms with Crippen molar-refractivity contribution in [1.29, 1.82) is 0 Å². The van der Waals surface area contributed by atoms with E-state index in [9.17, 15) is 0 Å². The molecule has 0 radical (unpaired) electrons. The van der Waals surface area contributed by atoms with Crippen LogP contribution < -0.4 is 10.9 Å².